The highest BCUT2D eigenvalue weighted by molar-refractivity contribution is 5.99. The first-order chi connectivity index (χ1) is 8.06. The number of rotatable bonds is 2. The highest BCUT2D eigenvalue weighted by atomic mass is 16.5. The fourth-order valence-electron chi connectivity index (χ4n) is 2.10. The summed E-state index contributed by atoms with van der Waals surface area (Å²) in [6.07, 6.45) is 0. The number of aromatic nitrogens is 1. The van der Waals surface area contributed by atoms with Gasteiger partial charge in [-0.3, -0.25) is 0 Å². The monoisotopic (exact) mass is 233 g/mol. The number of carbonyl (C=O) groups is 1. The zero-order valence-corrected chi connectivity index (χ0v) is 10.2. The Labute approximate surface area is 99.4 Å². The molecule has 0 amide bonds. The molecular formula is C13H15NO3. The number of nitrogens with zero attached hydrogens (tertiary/aromatic N) is 1. The highest BCUT2D eigenvalue weighted by Crippen LogP contribution is 2.28. The molecule has 1 aromatic carbocycles. The summed E-state index contributed by atoms with van der Waals surface area (Å²) in [6.45, 7) is 4.01. The summed E-state index contributed by atoms with van der Waals surface area (Å²) < 4.78 is 6.78. The van der Waals surface area contributed by atoms with Crippen molar-refractivity contribution in [2.75, 3.05) is 6.61 Å². The number of esters is 1. The van der Waals surface area contributed by atoms with Gasteiger partial charge in [-0.2, -0.15) is 0 Å². The van der Waals surface area contributed by atoms with Gasteiger partial charge in [-0.25, -0.2) is 4.79 Å². The Bertz CT molecular complexity index is 584. The maximum Gasteiger partial charge on any atom is 0.355 e. The first kappa shape index (κ1) is 11.5. The first-order valence-corrected chi connectivity index (χ1v) is 5.51. The lowest BCUT2D eigenvalue weighted by Crippen LogP contribution is -2.10. The fourth-order valence-corrected chi connectivity index (χ4v) is 2.10. The Balaban J connectivity index is 2.68. The third kappa shape index (κ3) is 1.75. The van der Waals surface area contributed by atoms with Crippen molar-refractivity contribution in [3.8, 4) is 5.75 Å². The molecule has 1 heterocycles. The summed E-state index contributed by atoms with van der Waals surface area (Å²) in [5.41, 5.74) is 2.24. The van der Waals surface area contributed by atoms with Crippen molar-refractivity contribution in [3.05, 3.63) is 29.5 Å². The van der Waals surface area contributed by atoms with Gasteiger partial charge in [-0.05, 0) is 31.5 Å². The van der Waals surface area contributed by atoms with Crippen LogP contribution in [0.25, 0.3) is 10.9 Å². The van der Waals surface area contributed by atoms with Crippen molar-refractivity contribution in [1.82, 2.24) is 4.57 Å². The van der Waals surface area contributed by atoms with Crippen molar-refractivity contribution in [1.29, 1.82) is 0 Å². The molecule has 0 saturated carbocycles. The number of aromatic hydroxyl groups is 1. The van der Waals surface area contributed by atoms with Gasteiger partial charge in [0.05, 0.1) is 12.1 Å². The fraction of sp³-hybridized carbons (Fsp3) is 0.308. The zero-order chi connectivity index (χ0) is 12.6. The van der Waals surface area contributed by atoms with Crippen molar-refractivity contribution >= 4 is 16.9 Å². The van der Waals surface area contributed by atoms with Crippen LogP contribution in [0.1, 0.15) is 23.0 Å². The van der Waals surface area contributed by atoms with E-state index in [4.69, 9.17) is 4.74 Å². The molecule has 0 bridgehead atoms. The Morgan fingerprint density at radius 2 is 2.18 bits per heavy atom. The largest absolute Gasteiger partial charge is 0.508 e. The number of fused-ring (bicyclic) bond motifs is 1. The first-order valence-electron chi connectivity index (χ1n) is 5.51. The van der Waals surface area contributed by atoms with E-state index in [1.165, 1.54) is 0 Å². The molecule has 17 heavy (non-hydrogen) atoms. The maximum absolute atomic E-state index is 11.8. The molecule has 1 N–H and O–H groups in total. The van der Waals surface area contributed by atoms with E-state index in [0.717, 1.165) is 16.5 Å². The zero-order valence-electron chi connectivity index (χ0n) is 10.2. The molecule has 0 aliphatic rings. The number of carbonyl (C=O) groups excluding carboxylic acids is 1. The number of phenolic OH excluding ortho intramolecular Hbond substituents is 1. The molecule has 0 unspecified atom stereocenters. The SMILES string of the molecule is CCOC(=O)c1c(C)c2ccc(O)cc2n1C. The number of hydrogen-bond acceptors (Lipinski definition) is 3. The summed E-state index contributed by atoms with van der Waals surface area (Å²) in [6, 6.07) is 5.07. The minimum absolute atomic E-state index is 0.188. The standard InChI is InChI=1S/C13H15NO3/c1-4-17-13(16)12-8(2)10-6-5-9(15)7-11(10)14(12)3/h5-7,15H,4H2,1-3H3. The second-order valence-corrected chi connectivity index (χ2v) is 3.95. The number of phenols is 1. The van der Waals surface area contributed by atoms with Crippen LogP contribution in [0.2, 0.25) is 0 Å². The molecule has 4 nitrogen and oxygen atoms in total. The lowest BCUT2D eigenvalue weighted by Gasteiger charge is -2.04. The summed E-state index contributed by atoms with van der Waals surface area (Å²) in [4.78, 5) is 11.8. The van der Waals surface area contributed by atoms with Crippen LogP contribution >= 0.6 is 0 Å². The van der Waals surface area contributed by atoms with Crippen LogP contribution in [0, 0.1) is 6.92 Å². The van der Waals surface area contributed by atoms with Gasteiger partial charge in [0.1, 0.15) is 11.4 Å². The van der Waals surface area contributed by atoms with Gasteiger partial charge < -0.3 is 14.4 Å². The van der Waals surface area contributed by atoms with Gasteiger partial charge in [0, 0.05) is 18.5 Å². The second kappa shape index (κ2) is 4.13. The van der Waals surface area contributed by atoms with Gasteiger partial charge in [0.25, 0.3) is 0 Å². The number of ether oxygens (including phenoxy) is 1. The highest BCUT2D eigenvalue weighted by Gasteiger charge is 2.19. The van der Waals surface area contributed by atoms with Crippen molar-refractivity contribution in [3.63, 3.8) is 0 Å². The molecule has 0 spiro atoms. The van der Waals surface area contributed by atoms with Crippen LogP contribution in [0.3, 0.4) is 0 Å². The van der Waals surface area contributed by atoms with Crippen LogP contribution in [0.15, 0.2) is 18.2 Å². The summed E-state index contributed by atoms with van der Waals surface area (Å²) in [7, 11) is 1.79. The van der Waals surface area contributed by atoms with E-state index in [1.807, 2.05) is 13.0 Å². The van der Waals surface area contributed by atoms with Gasteiger partial charge in [0.2, 0.25) is 0 Å². The second-order valence-electron chi connectivity index (χ2n) is 3.95. The van der Waals surface area contributed by atoms with Crippen LogP contribution in [0.4, 0.5) is 0 Å². The van der Waals surface area contributed by atoms with Gasteiger partial charge in [-0.1, -0.05) is 0 Å². The minimum atomic E-state index is -0.330. The average molecular weight is 233 g/mol. The van der Waals surface area contributed by atoms with E-state index in [2.05, 4.69) is 0 Å². The molecule has 0 radical (unpaired) electrons. The minimum Gasteiger partial charge on any atom is -0.508 e. The molecule has 2 aromatic rings. The van der Waals surface area contributed by atoms with Crippen LogP contribution in [-0.4, -0.2) is 22.2 Å². The van der Waals surface area contributed by atoms with E-state index in [0.29, 0.717) is 12.3 Å². The predicted molar refractivity (Wildman–Crippen MR) is 65.3 cm³/mol. The number of hydrogen-bond donors (Lipinski definition) is 1. The van der Waals surface area contributed by atoms with E-state index >= 15 is 0 Å². The lowest BCUT2D eigenvalue weighted by molar-refractivity contribution is 0.0515. The smallest absolute Gasteiger partial charge is 0.355 e. The van der Waals surface area contributed by atoms with E-state index < -0.39 is 0 Å². The van der Waals surface area contributed by atoms with Gasteiger partial charge in [0.15, 0.2) is 0 Å². The van der Waals surface area contributed by atoms with E-state index in [9.17, 15) is 9.90 Å². The summed E-state index contributed by atoms with van der Waals surface area (Å²) in [5.74, 6) is -0.142. The Hall–Kier alpha value is -1.97. The lowest BCUT2D eigenvalue weighted by atomic mass is 10.1. The Morgan fingerprint density at radius 1 is 1.47 bits per heavy atom. The van der Waals surface area contributed by atoms with E-state index in [1.54, 1.807) is 30.7 Å². The third-order valence-corrected chi connectivity index (χ3v) is 2.91. The van der Waals surface area contributed by atoms with Crippen LogP contribution < -0.4 is 0 Å². The normalized spacial score (nSPS) is 10.8. The predicted octanol–water partition coefficient (Wildman–Crippen LogP) is 2.37. The van der Waals surface area contributed by atoms with E-state index in [-0.39, 0.29) is 11.7 Å². The van der Waals surface area contributed by atoms with Crippen molar-refractivity contribution in [2.24, 2.45) is 7.05 Å². The van der Waals surface area contributed by atoms with Crippen LogP contribution in [0.5, 0.6) is 5.75 Å². The third-order valence-electron chi connectivity index (χ3n) is 2.91. The maximum atomic E-state index is 11.8. The molecule has 0 atom stereocenters. The molecule has 2 rings (SSSR count). The summed E-state index contributed by atoms with van der Waals surface area (Å²) >= 11 is 0. The molecular weight excluding hydrogens is 218 g/mol. The quantitative estimate of drug-likeness (QED) is 0.810. The van der Waals surface area contributed by atoms with Gasteiger partial charge >= 0.3 is 5.97 Å². The molecule has 90 valence electrons. The molecule has 0 aliphatic carbocycles. The van der Waals surface area contributed by atoms with Crippen molar-refractivity contribution in [2.45, 2.75) is 13.8 Å². The average Bonchev–Trinajstić information content (AvgIpc) is 2.52. The molecule has 0 saturated heterocycles. The van der Waals surface area contributed by atoms with Crippen molar-refractivity contribution < 1.29 is 14.6 Å². The Kier molecular flexibility index (Phi) is 2.79. The summed E-state index contributed by atoms with van der Waals surface area (Å²) in [5, 5.41) is 10.4. The van der Waals surface area contributed by atoms with Crippen LogP contribution in [-0.2, 0) is 11.8 Å². The molecule has 1 aromatic heterocycles. The number of aryl methyl sites for hydroxylation is 2. The molecule has 0 fully saturated rings. The number of benzene rings is 1. The topological polar surface area (TPSA) is 51.5 Å². The Morgan fingerprint density at radius 3 is 2.82 bits per heavy atom. The molecule has 0 aliphatic heterocycles. The van der Waals surface area contributed by atoms with Gasteiger partial charge in [-0.15, -0.1) is 0 Å². The molecule has 4 heteroatoms.